The first kappa shape index (κ1) is 20.8. The van der Waals surface area contributed by atoms with Crippen LogP contribution in [0.2, 0.25) is 0 Å². The number of nitrogens with zero attached hydrogens (tertiary/aromatic N) is 3. The van der Waals surface area contributed by atoms with Crippen molar-refractivity contribution in [2.45, 2.75) is 30.4 Å². The number of thioether (sulfide) groups is 1. The first-order valence-electron chi connectivity index (χ1n) is 8.99. The maximum Gasteiger partial charge on any atom is 0.229 e. The Balaban J connectivity index is 1.42. The lowest BCUT2D eigenvalue weighted by atomic mass is 10.1. The summed E-state index contributed by atoms with van der Waals surface area (Å²) in [6.07, 6.45) is 0.237. The zero-order valence-corrected chi connectivity index (χ0v) is 17.8. The zero-order valence-electron chi connectivity index (χ0n) is 16.1. The molecule has 0 saturated heterocycles. The number of nitrogens with one attached hydrogen (secondary N) is 1. The molecule has 0 aliphatic rings. The van der Waals surface area contributed by atoms with Gasteiger partial charge in [-0.15, -0.1) is 10.2 Å². The molecule has 29 heavy (non-hydrogen) atoms. The molecule has 0 bridgehead atoms. The third-order valence-electron chi connectivity index (χ3n) is 4.02. The lowest BCUT2D eigenvalue weighted by molar-refractivity contribution is -0.116. The second-order valence-electron chi connectivity index (χ2n) is 6.39. The Morgan fingerprint density at radius 2 is 2.00 bits per heavy atom. The number of nitriles is 1. The van der Waals surface area contributed by atoms with Gasteiger partial charge in [0.15, 0.2) is 4.34 Å². The molecule has 0 aliphatic carbocycles. The number of hydrogen-bond acceptors (Lipinski definition) is 7. The number of rotatable bonds is 8. The molecule has 1 aromatic heterocycles. The van der Waals surface area contributed by atoms with Gasteiger partial charge in [0.25, 0.3) is 0 Å². The van der Waals surface area contributed by atoms with Gasteiger partial charge < -0.3 is 10.1 Å². The van der Waals surface area contributed by atoms with E-state index in [0.717, 1.165) is 27.0 Å². The predicted octanol–water partition coefficient (Wildman–Crippen LogP) is 4.73. The molecule has 148 valence electrons. The van der Waals surface area contributed by atoms with Gasteiger partial charge in [0.05, 0.1) is 24.7 Å². The molecule has 0 fully saturated rings. The van der Waals surface area contributed by atoms with Gasteiger partial charge >= 0.3 is 0 Å². The van der Waals surface area contributed by atoms with Crippen LogP contribution in [0, 0.1) is 25.2 Å². The van der Waals surface area contributed by atoms with Gasteiger partial charge in [0.2, 0.25) is 11.0 Å². The molecular formula is C21H20N4O2S2. The van der Waals surface area contributed by atoms with Crippen LogP contribution in [0.5, 0.6) is 5.75 Å². The fourth-order valence-electron chi connectivity index (χ4n) is 2.54. The predicted molar refractivity (Wildman–Crippen MR) is 115 cm³/mol. The summed E-state index contributed by atoms with van der Waals surface area (Å²) in [6, 6.07) is 15.5. The quantitative estimate of drug-likeness (QED) is 0.416. The van der Waals surface area contributed by atoms with Crippen molar-refractivity contribution in [1.29, 1.82) is 5.26 Å². The molecule has 0 saturated carbocycles. The fraction of sp³-hybridized carbons (Fsp3) is 0.238. The van der Waals surface area contributed by atoms with Gasteiger partial charge in [-0.25, -0.2) is 0 Å². The number of anilines is 1. The van der Waals surface area contributed by atoms with Crippen LogP contribution in [0.4, 0.5) is 5.13 Å². The Kier molecular flexibility index (Phi) is 7.22. The van der Waals surface area contributed by atoms with Crippen molar-refractivity contribution in [3.05, 3.63) is 64.7 Å². The van der Waals surface area contributed by atoms with Crippen molar-refractivity contribution in [3.63, 3.8) is 0 Å². The van der Waals surface area contributed by atoms with Crippen molar-refractivity contribution in [3.8, 4) is 11.8 Å². The second kappa shape index (κ2) is 10.0. The Labute approximate surface area is 177 Å². The average Bonchev–Trinajstić information content (AvgIpc) is 3.15. The molecule has 1 amide bonds. The number of carbonyl (C=O) groups excluding carboxylic acids is 1. The lowest BCUT2D eigenvalue weighted by Crippen LogP contribution is -2.15. The molecule has 1 heterocycles. The van der Waals surface area contributed by atoms with Gasteiger partial charge in [-0.05, 0) is 43.2 Å². The Morgan fingerprint density at radius 3 is 2.72 bits per heavy atom. The topological polar surface area (TPSA) is 87.9 Å². The van der Waals surface area contributed by atoms with Crippen LogP contribution in [0.25, 0.3) is 0 Å². The summed E-state index contributed by atoms with van der Waals surface area (Å²) in [5, 5.41) is 20.2. The van der Waals surface area contributed by atoms with Crippen molar-refractivity contribution in [1.82, 2.24) is 10.2 Å². The van der Waals surface area contributed by atoms with Crippen LogP contribution >= 0.6 is 23.1 Å². The van der Waals surface area contributed by atoms with E-state index in [4.69, 9.17) is 10.00 Å². The van der Waals surface area contributed by atoms with Crippen LogP contribution in [-0.2, 0) is 10.5 Å². The van der Waals surface area contributed by atoms with E-state index in [-0.39, 0.29) is 12.3 Å². The highest BCUT2D eigenvalue weighted by atomic mass is 32.2. The first-order valence-corrected chi connectivity index (χ1v) is 10.8. The Morgan fingerprint density at radius 1 is 1.21 bits per heavy atom. The number of carbonyl (C=O) groups is 1. The minimum atomic E-state index is -0.158. The summed E-state index contributed by atoms with van der Waals surface area (Å²) in [5.41, 5.74) is 3.97. The van der Waals surface area contributed by atoms with Gasteiger partial charge in [0.1, 0.15) is 5.75 Å². The minimum Gasteiger partial charge on any atom is -0.493 e. The van der Waals surface area contributed by atoms with E-state index in [1.165, 1.54) is 28.7 Å². The number of ether oxygens (including phenoxy) is 1. The number of aromatic nitrogens is 2. The normalized spacial score (nSPS) is 10.4. The largest absolute Gasteiger partial charge is 0.493 e. The van der Waals surface area contributed by atoms with Crippen molar-refractivity contribution >= 4 is 34.1 Å². The number of amides is 1. The molecule has 3 aromatic rings. The summed E-state index contributed by atoms with van der Waals surface area (Å²) >= 11 is 2.88. The summed E-state index contributed by atoms with van der Waals surface area (Å²) in [4.78, 5) is 12.1. The highest BCUT2D eigenvalue weighted by Gasteiger charge is 2.10. The van der Waals surface area contributed by atoms with E-state index < -0.39 is 0 Å². The summed E-state index contributed by atoms with van der Waals surface area (Å²) in [6.45, 7) is 4.32. The van der Waals surface area contributed by atoms with Crippen molar-refractivity contribution in [2.75, 3.05) is 11.9 Å². The maximum absolute atomic E-state index is 12.1. The van der Waals surface area contributed by atoms with Crippen LogP contribution in [0.3, 0.4) is 0 Å². The number of benzene rings is 2. The average molecular weight is 425 g/mol. The fourth-order valence-corrected chi connectivity index (χ4v) is 4.26. The highest BCUT2D eigenvalue weighted by molar-refractivity contribution is 8.00. The molecule has 0 aliphatic heterocycles. The highest BCUT2D eigenvalue weighted by Crippen LogP contribution is 2.28. The number of aryl methyl sites for hydroxylation is 2. The summed E-state index contributed by atoms with van der Waals surface area (Å²) < 4.78 is 6.47. The second-order valence-corrected chi connectivity index (χ2v) is 8.59. The van der Waals surface area contributed by atoms with Crippen LogP contribution in [0.15, 0.2) is 46.8 Å². The van der Waals surface area contributed by atoms with E-state index in [9.17, 15) is 4.79 Å². The van der Waals surface area contributed by atoms with Gasteiger partial charge in [-0.2, -0.15) is 5.26 Å². The molecule has 3 rings (SSSR count). The monoisotopic (exact) mass is 424 g/mol. The van der Waals surface area contributed by atoms with E-state index in [1.54, 1.807) is 12.1 Å². The van der Waals surface area contributed by atoms with E-state index in [2.05, 4.69) is 21.6 Å². The minimum absolute atomic E-state index is 0.158. The zero-order chi connectivity index (χ0) is 20.6. The Hall–Kier alpha value is -2.89. The van der Waals surface area contributed by atoms with Gasteiger partial charge in [-0.1, -0.05) is 52.9 Å². The van der Waals surface area contributed by atoms with Gasteiger partial charge in [0, 0.05) is 5.75 Å². The molecule has 0 spiro atoms. The van der Waals surface area contributed by atoms with E-state index in [0.29, 0.717) is 17.3 Å². The lowest BCUT2D eigenvalue weighted by Gasteiger charge is -2.09. The van der Waals surface area contributed by atoms with Crippen LogP contribution in [0.1, 0.15) is 28.7 Å². The molecule has 0 unspecified atom stereocenters. The molecular weight excluding hydrogens is 404 g/mol. The third kappa shape index (κ3) is 6.31. The molecule has 0 atom stereocenters. The SMILES string of the molecule is Cc1ccc(OCCC(=O)Nc2nnc(SCc3ccc(C#N)cc3)s2)c(C)c1. The van der Waals surface area contributed by atoms with Crippen molar-refractivity contribution in [2.24, 2.45) is 0 Å². The van der Waals surface area contributed by atoms with E-state index >= 15 is 0 Å². The van der Waals surface area contributed by atoms with Gasteiger partial charge in [-0.3, -0.25) is 4.79 Å². The summed E-state index contributed by atoms with van der Waals surface area (Å²) in [5.74, 6) is 1.35. The Bertz CT molecular complexity index is 1030. The van der Waals surface area contributed by atoms with E-state index in [1.807, 2.05) is 44.2 Å². The number of hydrogen-bond donors (Lipinski definition) is 1. The maximum atomic E-state index is 12.1. The summed E-state index contributed by atoms with van der Waals surface area (Å²) in [7, 11) is 0. The molecule has 1 N–H and O–H groups in total. The standard InChI is InChI=1S/C21H20N4O2S2/c1-14-3-8-18(15(2)11-14)27-10-9-19(26)23-20-24-25-21(29-20)28-13-17-6-4-16(12-22)5-7-17/h3-8,11H,9-10,13H2,1-2H3,(H,23,24,26). The molecule has 8 heteroatoms. The van der Waals surface area contributed by atoms with Crippen LogP contribution < -0.4 is 10.1 Å². The molecule has 6 nitrogen and oxygen atoms in total. The first-order chi connectivity index (χ1) is 14.0. The molecule has 0 radical (unpaired) electrons. The van der Waals surface area contributed by atoms with Crippen molar-refractivity contribution < 1.29 is 9.53 Å². The third-order valence-corrected chi connectivity index (χ3v) is 6.06. The smallest absolute Gasteiger partial charge is 0.229 e. The molecule has 2 aromatic carbocycles. The van der Waals surface area contributed by atoms with Crippen LogP contribution in [-0.4, -0.2) is 22.7 Å².